The first-order chi connectivity index (χ1) is 19.6. The minimum atomic E-state index is -2.09. The van der Waals surface area contributed by atoms with Gasteiger partial charge in [-0.1, -0.05) is 30.3 Å². The summed E-state index contributed by atoms with van der Waals surface area (Å²) in [6, 6.07) is 11.1. The molecule has 0 radical (unpaired) electrons. The van der Waals surface area contributed by atoms with E-state index in [1.165, 1.54) is 4.90 Å². The van der Waals surface area contributed by atoms with Crippen molar-refractivity contribution in [3.8, 4) is 6.07 Å². The molecular formula is C27H36BN5O8. The van der Waals surface area contributed by atoms with Gasteiger partial charge in [-0.25, -0.2) is 9.59 Å². The predicted octanol–water partition coefficient (Wildman–Crippen LogP) is 0.623. The van der Waals surface area contributed by atoms with Gasteiger partial charge in [0.25, 0.3) is 5.91 Å². The Morgan fingerprint density at radius 1 is 1.24 bits per heavy atom. The average molecular weight is 569 g/mol. The van der Waals surface area contributed by atoms with Crippen LogP contribution in [0.2, 0.25) is 0 Å². The SMILES string of the molecule is CC(C)(C=C(C#N)C(=O)N1CCC[C@H](OC(=O)N[C@@H](Cc2ccccc2)OB(O)O)C1)N1CCN2C(=O)OC[C@H]2C1. The molecule has 0 saturated carbocycles. The van der Waals surface area contributed by atoms with Crippen LogP contribution in [0.1, 0.15) is 32.3 Å². The zero-order valence-electron chi connectivity index (χ0n) is 23.3. The molecule has 3 aliphatic rings. The van der Waals surface area contributed by atoms with Crippen molar-refractivity contribution < 1.29 is 38.6 Å². The molecule has 14 heteroatoms. The van der Waals surface area contributed by atoms with E-state index in [0.717, 1.165) is 5.56 Å². The number of hydrogen-bond acceptors (Lipinski definition) is 10. The van der Waals surface area contributed by atoms with Gasteiger partial charge in [-0.15, -0.1) is 0 Å². The first kappa shape index (κ1) is 30.3. The smallest absolute Gasteiger partial charge is 0.447 e. The molecule has 3 aliphatic heterocycles. The lowest BCUT2D eigenvalue weighted by Crippen LogP contribution is -2.58. The lowest BCUT2D eigenvalue weighted by molar-refractivity contribution is -0.129. The number of carbonyl (C=O) groups is 3. The minimum absolute atomic E-state index is 0.00506. The number of fused-ring (bicyclic) bond motifs is 1. The monoisotopic (exact) mass is 569 g/mol. The van der Waals surface area contributed by atoms with E-state index in [1.807, 2.05) is 50.2 Å². The number of piperazine rings is 1. The third-order valence-corrected chi connectivity index (χ3v) is 7.55. The van der Waals surface area contributed by atoms with Gasteiger partial charge in [-0.3, -0.25) is 19.9 Å². The quantitative estimate of drug-likeness (QED) is 0.166. The highest BCUT2D eigenvalue weighted by atomic mass is 16.6. The average Bonchev–Trinajstić information content (AvgIpc) is 3.31. The number of hydrogen-bond donors (Lipinski definition) is 3. The second-order valence-corrected chi connectivity index (χ2v) is 10.9. The summed E-state index contributed by atoms with van der Waals surface area (Å²) in [7, 11) is -2.09. The Morgan fingerprint density at radius 2 is 2.00 bits per heavy atom. The van der Waals surface area contributed by atoms with Crippen LogP contribution in [-0.2, 0) is 25.3 Å². The third kappa shape index (κ3) is 7.98. The van der Waals surface area contributed by atoms with E-state index in [9.17, 15) is 29.7 Å². The Morgan fingerprint density at radius 3 is 2.71 bits per heavy atom. The number of nitriles is 1. The van der Waals surface area contributed by atoms with Crippen LogP contribution in [0.15, 0.2) is 42.0 Å². The first-order valence-electron chi connectivity index (χ1n) is 13.7. The number of ether oxygens (including phenoxy) is 2. The highest BCUT2D eigenvalue weighted by molar-refractivity contribution is 6.32. The lowest BCUT2D eigenvalue weighted by Gasteiger charge is -2.43. The number of nitrogens with zero attached hydrogens (tertiary/aromatic N) is 4. The highest BCUT2D eigenvalue weighted by Gasteiger charge is 2.41. The predicted molar refractivity (Wildman–Crippen MR) is 146 cm³/mol. The lowest BCUT2D eigenvalue weighted by atomic mass is 9.96. The van der Waals surface area contributed by atoms with Crippen molar-refractivity contribution in [2.75, 3.05) is 39.3 Å². The molecule has 3 heterocycles. The van der Waals surface area contributed by atoms with E-state index in [1.54, 1.807) is 11.0 Å². The summed E-state index contributed by atoms with van der Waals surface area (Å²) in [5.74, 6) is -0.444. The maximum absolute atomic E-state index is 13.4. The van der Waals surface area contributed by atoms with Crippen LogP contribution in [0.3, 0.4) is 0 Å². The van der Waals surface area contributed by atoms with Crippen molar-refractivity contribution in [3.05, 3.63) is 47.5 Å². The van der Waals surface area contributed by atoms with Gasteiger partial charge in [0.15, 0.2) is 0 Å². The summed E-state index contributed by atoms with van der Waals surface area (Å²) < 4.78 is 15.7. The molecule has 3 fully saturated rings. The molecule has 0 unspecified atom stereocenters. The number of rotatable bonds is 9. The van der Waals surface area contributed by atoms with Gasteiger partial charge in [-0.2, -0.15) is 5.26 Å². The number of amides is 3. The molecule has 3 atom stereocenters. The van der Waals surface area contributed by atoms with Gasteiger partial charge >= 0.3 is 19.5 Å². The molecule has 3 amide bonds. The van der Waals surface area contributed by atoms with E-state index in [0.29, 0.717) is 45.6 Å². The van der Waals surface area contributed by atoms with Crippen LogP contribution < -0.4 is 5.32 Å². The molecule has 1 aromatic carbocycles. The van der Waals surface area contributed by atoms with Gasteiger partial charge in [0, 0.05) is 38.1 Å². The van der Waals surface area contributed by atoms with Crippen molar-refractivity contribution in [2.45, 2.75) is 57.0 Å². The minimum Gasteiger partial charge on any atom is -0.447 e. The fourth-order valence-corrected chi connectivity index (χ4v) is 5.41. The van der Waals surface area contributed by atoms with Gasteiger partial charge in [0.1, 0.15) is 30.6 Å². The van der Waals surface area contributed by atoms with Crippen LogP contribution in [-0.4, -0.2) is 113 Å². The van der Waals surface area contributed by atoms with E-state index >= 15 is 0 Å². The summed E-state index contributed by atoms with van der Waals surface area (Å²) in [4.78, 5) is 43.2. The third-order valence-electron chi connectivity index (χ3n) is 7.55. The standard InChI is InChI=1S/C27H36BN5O8/c1-27(2,32-11-12-33-21(16-32)18-39-26(33)36)14-20(15-29)24(34)31-10-6-9-22(17-31)40-25(35)30-23(41-28(37)38)13-19-7-4-3-5-8-19/h3-5,7-8,14,21-23,37-38H,6,9-13,16-18H2,1-2H3,(H,30,35)/t21-,22+,23-/m1/s1. The molecule has 0 bridgehead atoms. The molecular weight excluding hydrogens is 533 g/mol. The Bertz CT molecular complexity index is 1170. The maximum Gasteiger partial charge on any atom is 0.635 e. The Hall–Kier alpha value is -3.64. The van der Waals surface area contributed by atoms with E-state index in [2.05, 4.69) is 10.2 Å². The fourth-order valence-electron chi connectivity index (χ4n) is 5.41. The van der Waals surface area contributed by atoms with Crippen LogP contribution >= 0.6 is 0 Å². The number of likely N-dealkylation sites (tertiary alicyclic amines) is 1. The summed E-state index contributed by atoms with van der Waals surface area (Å²) in [5.41, 5.74) is 0.169. The van der Waals surface area contributed by atoms with Gasteiger partial charge in [0.05, 0.1) is 12.6 Å². The number of piperidine rings is 1. The van der Waals surface area contributed by atoms with Crippen LogP contribution in [0.4, 0.5) is 9.59 Å². The molecule has 0 aliphatic carbocycles. The Balaban J connectivity index is 1.34. The van der Waals surface area contributed by atoms with Crippen LogP contribution in [0, 0.1) is 11.3 Å². The molecule has 0 spiro atoms. The molecule has 41 heavy (non-hydrogen) atoms. The zero-order valence-corrected chi connectivity index (χ0v) is 23.3. The molecule has 3 saturated heterocycles. The molecule has 4 rings (SSSR count). The highest BCUT2D eigenvalue weighted by Crippen LogP contribution is 2.26. The first-order valence-corrected chi connectivity index (χ1v) is 13.7. The Kier molecular flexibility index (Phi) is 9.88. The summed E-state index contributed by atoms with van der Waals surface area (Å²) in [6.07, 6.45) is 0.117. The zero-order chi connectivity index (χ0) is 29.6. The fraction of sp³-hybridized carbons (Fsp3) is 0.556. The molecule has 1 aromatic rings. The van der Waals surface area contributed by atoms with Gasteiger partial charge in [-0.05, 0) is 38.3 Å². The van der Waals surface area contributed by atoms with E-state index in [-0.39, 0.29) is 30.7 Å². The van der Waals surface area contributed by atoms with Crippen molar-refractivity contribution in [1.29, 1.82) is 5.26 Å². The molecule has 13 nitrogen and oxygen atoms in total. The second kappa shape index (κ2) is 13.4. The van der Waals surface area contributed by atoms with Crippen molar-refractivity contribution >= 4 is 25.4 Å². The molecule has 0 aromatic heterocycles. The van der Waals surface area contributed by atoms with Crippen LogP contribution in [0.25, 0.3) is 0 Å². The number of carbonyl (C=O) groups excluding carboxylic acids is 3. The summed E-state index contributed by atoms with van der Waals surface area (Å²) in [5, 5.41) is 30.9. The number of benzene rings is 1. The molecule has 220 valence electrons. The maximum atomic E-state index is 13.4. The Labute approximate surface area is 239 Å². The van der Waals surface area contributed by atoms with Crippen LogP contribution in [0.5, 0.6) is 0 Å². The summed E-state index contributed by atoms with van der Waals surface area (Å²) >= 11 is 0. The van der Waals surface area contributed by atoms with Gasteiger partial charge in [0.2, 0.25) is 0 Å². The van der Waals surface area contributed by atoms with Crippen molar-refractivity contribution in [1.82, 2.24) is 20.0 Å². The number of alkyl carbamates (subject to hydrolysis) is 1. The van der Waals surface area contributed by atoms with E-state index in [4.69, 9.17) is 14.1 Å². The second-order valence-electron chi connectivity index (χ2n) is 10.9. The topological polar surface area (TPSA) is 165 Å². The van der Waals surface area contributed by atoms with Gasteiger partial charge < -0.3 is 29.1 Å². The largest absolute Gasteiger partial charge is 0.635 e. The normalized spacial score (nSPS) is 22.3. The van der Waals surface area contributed by atoms with Crippen molar-refractivity contribution in [2.24, 2.45) is 0 Å². The molecule has 3 N–H and O–H groups in total. The summed E-state index contributed by atoms with van der Waals surface area (Å²) in [6.45, 7) is 6.36. The van der Waals surface area contributed by atoms with Crippen molar-refractivity contribution in [3.63, 3.8) is 0 Å². The number of cyclic esters (lactones) is 1. The number of nitrogens with one attached hydrogen (secondary N) is 1. The van der Waals surface area contributed by atoms with E-state index < -0.39 is 37.2 Å².